The standard InChI is InChI=1S/C24H25F6N3O5S/c1-14(34)33-12-16-11-15(13-39(36)37)3-8-19(16)20(33)21(35)32-18-6-4-17(5-7-18)22(23(25,26)27,24(28,29)30)31-9-10-38-2/h3-8,11,20,31H,9-10,12-13H2,1-2H3,(H,32,35)(H,36,37)/p-1. The lowest BCUT2D eigenvalue weighted by Crippen LogP contribution is -2.63. The second kappa shape index (κ2) is 11.6. The normalized spacial score (nSPS) is 16.6. The minimum atomic E-state index is -5.77. The van der Waals surface area contributed by atoms with Crippen molar-refractivity contribution in [1.29, 1.82) is 0 Å². The van der Waals surface area contributed by atoms with Crippen LogP contribution in [-0.2, 0) is 43.2 Å². The highest BCUT2D eigenvalue weighted by molar-refractivity contribution is 7.78. The Balaban J connectivity index is 1.91. The first-order valence-corrected chi connectivity index (χ1v) is 12.6. The summed E-state index contributed by atoms with van der Waals surface area (Å²) in [6.45, 7) is 0.0725. The van der Waals surface area contributed by atoms with Crippen LogP contribution in [0.15, 0.2) is 42.5 Å². The van der Waals surface area contributed by atoms with Gasteiger partial charge in [-0.05, 0) is 34.4 Å². The first kappa shape index (κ1) is 30.5. The number of carbonyl (C=O) groups excluding carboxylic acids is 2. The third kappa shape index (κ3) is 6.26. The van der Waals surface area contributed by atoms with Crippen LogP contribution in [0, 0.1) is 0 Å². The summed E-state index contributed by atoms with van der Waals surface area (Å²) < 4.78 is 110. The van der Waals surface area contributed by atoms with E-state index in [1.165, 1.54) is 29.3 Å². The van der Waals surface area contributed by atoms with Gasteiger partial charge in [0, 0.05) is 38.6 Å². The molecule has 1 aliphatic heterocycles. The number of hydrogen-bond donors (Lipinski definition) is 2. The average Bonchev–Trinajstić information content (AvgIpc) is 3.20. The number of fused-ring (bicyclic) bond motifs is 1. The Morgan fingerprint density at radius 3 is 2.21 bits per heavy atom. The third-order valence-electron chi connectivity index (χ3n) is 6.22. The number of ether oxygens (including phenoxy) is 1. The van der Waals surface area contributed by atoms with Gasteiger partial charge in [-0.3, -0.25) is 19.1 Å². The number of halogens is 6. The predicted octanol–water partition coefficient (Wildman–Crippen LogP) is 3.66. The lowest BCUT2D eigenvalue weighted by Gasteiger charge is -2.38. The van der Waals surface area contributed by atoms with Crippen molar-refractivity contribution in [2.24, 2.45) is 0 Å². The van der Waals surface area contributed by atoms with Crippen LogP contribution < -0.4 is 10.6 Å². The first-order chi connectivity index (χ1) is 18.1. The molecule has 2 amide bonds. The predicted molar refractivity (Wildman–Crippen MR) is 127 cm³/mol. The highest BCUT2D eigenvalue weighted by atomic mass is 32.2. The molecule has 0 saturated carbocycles. The van der Waals surface area contributed by atoms with Crippen LogP contribution in [0.25, 0.3) is 0 Å². The molecule has 15 heteroatoms. The van der Waals surface area contributed by atoms with Crippen molar-refractivity contribution in [3.05, 3.63) is 64.7 Å². The molecule has 2 aromatic carbocycles. The quantitative estimate of drug-likeness (QED) is 0.266. The van der Waals surface area contributed by atoms with Crippen LogP contribution in [0.4, 0.5) is 32.0 Å². The van der Waals surface area contributed by atoms with E-state index in [-0.39, 0.29) is 18.0 Å². The van der Waals surface area contributed by atoms with Gasteiger partial charge in [-0.1, -0.05) is 41.4 Å². The van der Waals surface area contributed by atoms with Gasteiger partial charge in [-0.25, -0.2) is 0 Å². The van der Waals surface area contributed by atoms with Crippen molar-refractivity contribution in [2.45, 2.75) is 43.2 Å². The van der Waals surface area contributed by atoms with Gasteiger partial charge in [-0.15, -0.1) is 0 Å². The molecular formula is C24H24F6N3O5S-. The lowest BCUT2D eigenvalue weighted by molar-refractivity contribution is -0.314. The Morgan fingerprint density at radius 2 is 1.69 bits per heavy atom. The number of alkyl halides is 6. The van der Waals surface area contributed by atoms with Gasteiger partial charge in [0.25, 0.3) is 5.91 Å². The SMILES string of the molecule is COCCNC(c1ccc(NC(=O)C2c3ccc(CS(=O)[O-])cc3CN2C(C)=O)cc1)(C(F)(F)F)C(F)(F)F. The molecule has 0 bridgehead atoms. The second-order valence-electron chi connectivity index (χ2n) is 8.76. The van der Waals surface area contributed by atoms with Crippen LogP contribution in [0.2, 0.25) is 0 Å². The van der Waals surface area contributed by atoms with Gasteiger partial charge in [-0.2, -0.15) is 26.3 Å². The number of methoxy groups -OCH3 is 1. The maximum Gasteiger partial charge on any atom is 0.419 e. The molecule has 8 nitrogen and oxygen atoms in total. The molecule has 1 heterocycles. The van der Waals surface area contributed by atoms with Crippen molar-refractivity contribution in [3.8, 4) is 0 Å². The lowest BCUT2D eigenvalue weighted by atomic mass is 9.87. The van der Waals surface area contributed by atoms with Gasteiger partial charge < -0.3 is 19.5 Å². The van der Waals surface area contributed by atoms with E-state index < -0.39 is 65.5 Å². The molecule has 2 unspecified atom stereocenters. The van der Waals surface area contributed by atoms with Crippen LogP contribution in [-0.4, -0.2) is 58.1 Å². The van der Waals surface area contributed by atoms with E-state index >= 15 is 0 Å². The molecule has 0 aliphatic carbocycles. The van der Waals surface area contributed by atoms with Gasteiger partial charge >= 0.3 is 12.4 Å². The Kier molecular flexibility index (Phi) is 9.09. The summed E-state index contributed by atoms with van der Waals surface area (Å²) in [5.74, 6) is -1.50. The molecular weight excluding hydrogens is 556 g/mol. The largest absolute Gasteiger partial charge is 0.772 e. The van der Waals surface area contributed by atoms with Crippen molar-refractivity contribution in [2.75, 3.05) is 25.6 Å². The summed E-state index contributed by atoms with van der Waals surface area (Å²) in [5.41, 5.74) is -4.24. The molecule has 214 valence electrons. The highest BCUT2D eigenvalue weighted by Gasteiger charge is 2.71. The number of anilines is 1. The van der Waals surface area contributed by atoms with E-state index in [9.17, 15) is 44.7 Å². The molecule has 2 N–H and O–H groups in total. The highest BCUT2D eigenvalue weighted by Crippen LogP contribution is 2.50. The molecule has 0 spiro atoms. The topological polar surface area (TPSA) is 111 Å². The Hall–Kier alpha value is -3.01. The minimum absolute atomic E-state index is 0.00779. The molecule has 0 saturated heterocycles. The molecule has 0 radical (unpaired) electrons. The van der Waals surface area contributed by atoms with Crippen molar-refractivity contribution in [3.63, 3.8) is 0 Å². The summed E-state index contributed by atoms with van der Waals surface area (Å²) in [6.07, 6.45) is -11.5. The number of benzene rings is 2. The zero-order chi connectivity index (χ0) is 29.2. The fourth-order valence-corrected chi connectivity index (χ4v) is 4.90. The van der Waals surface area contributed by atoms with E-state index in [1.807, 2.05) is 0 Å². The number of rotatable bonds is 9. The van der Waals surface area contributed by atoms with Crippen molar-refractivity contribution < 1.29 is 49.4 Å². The number of carbonyl (C=O) groups is 2. The van der Waals surface area contributed by atoms with Gasteiger partial charge in [0.2, 0.25) is 11.4 Å². The molecule has 2 aromatic rings. The average molecular weight is 581 g/mol. The van der Waals surface area contributed by atoms with E-state index in [0.717, 1.165) is 19.2 Å². The fourth-order valence-electron chi connectivity index (χ4n) is 4.45. The summed E-state index contributed by atoms with van der Waals surface area (Å²) in [7, 11) is 1.13. The maximum atomic E-state index is 13.9. The summed E-state index contributed by atoms with van der Waals surface area (Å²) in [4.78, 5) is 26.6. The second-order valence-corrected chi connectivity index (χ2v) is 9.66. The van der Waals surface area contributed by atoms with Crippen molar-refractivity contribution >= 4 is 28.6 Å². The van der Waals surface area contributed by atoms with Gasteiger partial charge in [0.05, 0.1) is 6.61 Å². The molecule has 0 aromatic heterocycles. The number of amides is 2. The number of nitrogens with one attached hydrogen (secondary N) is 2. The Bertz CT molecular complexity index is 1220. The molecule has 0 fully saturated rings. The van der Waals surface area contributed by atoms with E-state index in [2.05, 4.69) is 10.1 Å². The smallest absolute Gasteiger partial charge is 0.419 e. The van der Waals surface area contributed by atoms with Crippen LogP contribution in [0.1, 0.15) is 35.2 Å². The fraction of sp³-hybridized carbons (Fsp3) is 0.417. The molecule has 1 aliphatic rings. The molecule has 39 heavy (non-hydrogen) atoms. The maximum absolute atomic E-state index is 13.9. The van der Waals surface area contributed by atoms with Gasteiger partial charge in [0.1, 0.15) is 6.04 Å². The van der Waals surface area contributed by atoms with Gasteiger partial charge in [0.15, 0.2) is 0 Å². The van der Waals surface area contributed by atoms with Crippen LogP contribution in [0.5, 0.6) is 0 Å². The van der Waals surface area contributed by atoms with Crippen LogP contribution >= 0.6 is 0 Å². The van der Waals surface area contributed by atoms with E-state index in [1.54, 1.807) is 6.07 Å². The molecule has 3 rings (SSSR count). The summed E-state index contributed by atoms with van der Waals surface area (Å²) >= 11 is -2.36. The number of hydrogen-bond acceptors (Lipinski definition) is 6. The zero-order valence-electron chi connectivity index (χ0n) is 20.6. The van der Waals surface area contributed by atoms with Crippen LogP contribution in [0.3, 0.4) is 0 Å². The minimum Gasteiger partial charge on any atom is -0.772 e. The Morgan fingerprint density at radius 1 is 1.08 bits per heavy atom. The third-order valence-corrected chi connectivity index (χ3v) is 6.79. The van der Waals surface area contributed by atoms with E-state index in [4.69, 9.17) is 0 Å². The first-order valence-electron chi connectivity index (χ1n) is 11.4. The molecule has 2 atom stereocenters. The summed E-state index contributed by atoms with van der Waals surface area (Å²) in [6, 6.07) is 6.40. The zero-order valence-corrected chi connectivity index (χ0v) is 21.4. The summed E-state index contributed by atoms with van der Waals surface area (Å²) in [5, 5.41) is 3.97. The monoisotopic (exact) mass is 580 g/mol. The number of nitrogens with zero attached hydrogens (tertiary/aromatic N) is 1. The Labute approximate surface area is 222 Å². The van der Waals surface area contributed by atoms with E-state index in [0.29, 0.717) is 28.8 Å². The van der Waals surface area contributed by atoms with Crippen molar-refractivity contribution in [1.82, 2.24) is 10.2 Å².